The van der Waals surface area contributed by atoms with Crippen LogP contribution in [0.4, 0.5) is 22.0 Å². The van der Waals surface area contributed by atoms with E-state index in [2.05, 4.69) is 11.8 Å². The van der Waals surface area contributed by atoms with Crippen molar-refractivity contribution in [1.29, 1.82) is 0 Å². The zero-order chi connectivity index (χ0) is 13.1. The van der Waals surface area contributed by atoms with E-state index < -0.39 is 23.4 Å². The molecule has 0 aliphatic carbocycles. The molecule has 0 aliphatic rings. The molecule has 0 saturated heterocycles. The molecule has 1 aromatic carbocycles. The molecule has 0 aliphatic heterocycles. The van der Waals surface area contributed by atoms with E-state index >= 15 is 0 Å². The monoisotopic (exact) mass is 246 g/mol. The molecular formula is C12H7F5. The molecule has 0 aromatic heterocycles. The van der Waals surface area contributed by atoms with Crippen LogP contribution in [-0.2, 0) is 0 Å². The van der Waals surface area contributed by atoms with E-state index in [9.17, 15) is 22.0 Å². The van der Waals surface area contributed by atoms with Crippen LogP contribution in [0.1, 0.15) is 18.1 Å². The van der Waals surface area contributed by atoms with Gasteiger partial charge in [0.1, 0.15) is 11.6 Å². The number of halogens is 5. The zero-order valence-electron chi connectivity index (χ0n) is 8.70. The second-order valence-electron chi connectivity index (χ2n) is 3.10. The lowest BCUT2D eigenvalue weighted by Gasteiger charge is -2.02. The fourth-order valence-corrected chi connectivity index (χ4v) is 1.14. The number of rotatable bonds is 1. The van der Waals surface area contributed by atoms with Gasteiger partial charge in [0.25, 0.3) is 0 Å². The van der Waals surface area contributed by atoms with Crippen molar-refractivity contribution in [1.82, 2.24) is 0 Å². The summed E-state index contributed by atoms with van der Waals surface area (Å²) in [4.78, 5) is 0. The first-order chi connectivity index (χ1) is 7.83. The fraction of sp³-hybridized carbons (Fsp3) is 0.167. The molecule has 1 aromatic rings. The number of hydrogen-bond donors (Lipinski definition) is 0. The summed E-state index contributed by atoms with van der Waals surface area (Å²) in [7, 11) is 0. The number of hydrogen-bond acceptors (Lipinski definition) is 0. The third kappa shape index (κ3) is 3.91. The van der Waals surface area contributed by atoms with Gasteiger partial charge in [-0.3, -0.25) is 0 Å². The summed E-state index contributed by atoms with van der Waals surface area (Å²) in [6.07, 6.45) is -4.48. The highest BCUT2D eigenvalue weighted by Gasteiger charge is 2.22. The van der Waals surface area contributed by atoms with E-state index in [0.29, 0.717) is 6.08 Å². The van der Waals surface area contributed by atoms with Crippen LogP contribution in [0, 0.1) is 23.5 Å². The summed E-state index contributed by atoms with van der Waals surface area (Å²) in [5.74, 6) is 2.68. The Morgan fingerprint density at radius 1 is 1.12 bits per heavy atom. The quantitative estimate of drug-likeness (QED) is 0.520. The minimum Gasteiger partial charge on any atom is -0.206 e. The lowest BCUT2D eigenvalue weighted by atomic mass is 10.1. The van der Waals surface area contributed by atoms with Crippen molar-refractivity contribution in [3.05, 3.63) is 41.0 Å². The Kier molecular flexibility index (Phi) is 3.89. The van der Waals surface area contributed by atoms with Gasteiger partial charge >= 0.3 is 6.18 Å². The molecule has 17 heavy (non-hydrogen) atoms. The third-order valence-corrected chi connectivity index (χ3v) is 1.79. The van der Waals surface area contributed by atoms with Crippen LogP contribution in [0.3, 0.4) is 0 Å². The fourth-order valence-electron chi connectivity index (χ4n) is 1.14. The SMILES string of the molecule is CC#Cc1cc(F)c(/C=C/C(F)(F)F)c(F)c1. The van der Waals surface area contributed by atoms with Gasteiger partial charge in [0, 0.05) is 17.2 Å². The second-order valence-corrected chi connectivity index (χ2v) is 3.10. The smallest absolute Gasteiger partial charge is 0.206 e. The van der Waals surface area contributed by atoms with E-state index in [0.717, 1.165) is 12.1 Å². The zero-order valence-corrected chi connectivity index (χ0v) is 8.70. The first kappa shape index (κ1) is 13.2. The Morgan fingerprint density at radius 3 is 2.06 bits per heavy atom. The molecule has 90 valence electrons. The van der Waals surface area contributed by atoms with E-state index in [1.807, 2.05) is 0 Å². The molecule has 1 rings (SSSR count). The first-order valence-corrected chi connectivity index (χ1v) is 4.51. The molecule has 0 nitrogen and oxygen atoms in total. The van der Waals surface area contributed by atoms with Crippen LogP contribution in [0.2, 0.25) is 0 Å². The number of benzene rings is 1. The van der Waals surface area contributed by atoms with E-state index in [-0.39, 0.29) is 11.6 Å². The first-order valence-electron chi connectivity index (χ1n) is 4.51. The van der Waals surface area contributed by atoms with Crippen LogP contribution in [0.5, 0.6) is 0 Å². The van der Waals surface area contributed by atoms with Crippen molar-refractivity contribution in [3.8, 4) is 11.8 Å². The maximum atomic E-state index is 13.3. The van der Waals surface area contributed by atoms with Crippen molar-refractivity contribution < 1.29 is 22.0 Å². The van der Waals surface area contributed by atoms with E-state index in [1.54, 1.807) is 0 Å². The summed E-state index contributed by atoms with van der Waals surface area (Å²) in [5, 5.41) is 0. The molecule has 0 fully saturated rings. The lowest BCUT2D eigenvalue weighted by molar-refractivity contribution is -0.0790. The summed E-state index contributed by atoms with van der Waals surface area (Å²) < 4.78 is 62.1. The Morgan fingerprint density at radius 2 is 1.65 bits per heavy atom. The molecule has 0 atom stereocenters. The standard InChI is InChI=1S/C12H7F5/c1-2-3-8-6-10(13)9(11(14)7-8)4-5-12(15,16)17/h4-7H,1H3/b5-4+. The van der Waals surface area contributed by atoms with Crippen molar-refractivity contribution in [2.45, 2.75) is 13.1 Å². The van der Waals surface area contributed by atoms with Gasteiger partial charge in [-0.2, -0.15) is 13.2 Å². The lowest BCUT2D eigenvalue weighted by Crippen LogP contribution is -2.01. The topological polar surface area (TPSA) is 0 Å². The Hall–Kier alpha value is -1.83. The summed E-state index contributed by atoms with van der Waals surface area (Å²) in [6, 6.07) is 1.77. The van der Waals surface area contributed by atoms with Crippen LogP contribution in [0.15, 0.2) is 18.2 Å². The minimum atomic E-state index is -4.61. The number of alkyl halides is 3. The van der Waals surface area contributed by atoms with Crippen molar-refractivity contribution >= 4 is 6.08 Å². The van der Waals surface area contributed by atoms with Crippen molar-refractivity contribution in [2.24, 2.45) is 0 Å². The largest absolute Gasteiger partial charge is 0.409 e. The highest BCUT2D eigenvalue weighted by molar-refractivity contribution is 5.54. The molecule has 0 bridgehead atoms. The van der Waals surface area contributed by atoms with Gasteiger partial charge < -0.3 is 0 Å². The van der Waals surface area contributed by atoms with Gasteiger partial charge in [-0.1, -0.05) is 5.92 Å². The second kappa shape index (κ2) is 5.00. The molecule has 0 unspecified atom stereocenters. The van der Waals surface area contributed by atoms with Crippen LogP contribution < -0.4 is 0 Å². The van der Waals surface area contributed by atoms with Gasteiger partial charge in [0.15, 0.2) is 0 Å². The van der Waals surface area contributed by atoms with Crippen molar-refractivity contribution in [3.63, 3.8) is 0 Å². The minimum absolute atomic E-state index is 0.0756. The molecule has 5 heteroatoms. The van der Waals surface area contributed by atoms with Crippen LogP contribution >= 0.6 is 0 Å². The normalized spacial score (nSPS) is 11.4. The summed E-state index contributed by atoms with van der Waals surface area (Å²) in [5.41, 5.74) is -0.657. The molecule has 0 saturated carbocycles. The number of allylic oxidation sites excluding steroid dienone is 1. The van der Waals surface area contributed by atoms with E-state index in [1.165, 1.54) is 6.92 Å². The van der Waals surface area contributed by atoms with E-state index in [4.69, 9.17) is 0 Å². The third-order valence-electron chi connectivity index (χ3n) is 1.79. The van der Waals surface area contributed by atoms with Gasteiger partial charge in [0.05, 0.1) is 0 Å². The predicted molar refractivity (Wildman–Crippen MR) is 54.0 cm³/mol. The molecule has 0 spiro atoms. The highest BCUT2D eigenvalue weighted by atomic mass is 19.4. The van der Waals surface area contributed by atoms with Gasteiger partial charge in [-0.25, -0.2) is 8.78 Å². The Bertz CT molecular complexity index is 477. The molecule has 0 heterocycles. The molecule has 0 radical (unpaired) electrons. The van der Waals surface area contributed by atoms with Crippen LogP contribution in [-0.4, -0.2) is 6.18 Å². The summed E-state index contributed by atoms with van der Waals surface area (Å²) in [6.45, 7) is 1.48. The maximum absolute atomic E-state index is 13.3. The molecular weight excluding hydrogens is 239 g/mol. The summed E-state index contributed by atoms with van der Waals surface area (Å²) >= 11 is 0. The highest BCUT2D eigenvalue weighted by Crippen LogP contribution is 2.21. The Labute approximate surface area is 94.8 Å². The van der Waals surface area contributed by atoms with Crippen LogP contribution in [0.25, 0.3) is 6.08 Å². The average molecular weight is 246 g/mol. The predicted octanol–water partition coefficient (Wildman–Crippen LogP) is 3.91. The van der Waals surface area contributed by atoms with Gasteiger partial charge in [0.2, 0.25) is 0 Å². The Balaban J connectivity index is 3.18. The van der Waals surface area contributed by atoms with Gasteiger partial charge in [-0.15, -0.1) is 5.92 Å². The van der Waals surface area contributed by atoms with Gasteiger partial charge in [-0.05, 0) is 25.1 Å². The maximum Gasteiger partial charge on any atom is 0.409 e. The molecule has 0 N–H and O–H groups in total. The average Bonchev–Trinajstić information content (AvgIpc) is 2.14. The molecule has 0 amide bonds. The van der Waals surface area contributed by atoms with Crippen molar-refractivity contribution in [2.75, 3.05) is 0 Å².